The van der Waals surface area contributed by atoms with Gasteiger partial charge >= 0.3 is 6.03 Å². The molecule has 7 heteroatoms. The van der Waals surface area contributed by atoms with E-state index in [1.54, 1.807) is 19.5 Å². The Kier molecular flexibility index (Phi) is 6.47. The molecule has 0 saturated carbocycles. The van der Waals surface area contributed by atoms with Crippen molar-refractivity contribution in [2.45, 2.75) is 20.5 Å². The molecule has 0 spiro atoms. The summed E-state index contributed by atoms with van der Waals surface area (Å²) in [4.78, 5) is 23.4. The first-order valence-corrected chi connectivity index (χ1v) is 7.95. The molecule has 2 rings (SSSR count). The van der Waals surface area contributed by atoms with Crippen LogP contribution in [0.2, 0.25) is 0 Å². The molecule has 0 fully saturated rings. The number of imidazole rings is 1. The van der Waals surface area contributed by atoms with Crippen LogP contribution in [0, 0.1) is 0 Å². The summed E-state index contributed by atoms with van der Waals surface area (Å²) in [6, 6.07) is 3.52. The molecule has 2 aromatic heterocycles. The summed E-state index contributed by atoms with van der Waals surface area (Å²) in [6.07, 6.45) is 5.41. The quantitative estimate of drug-likeness (QED) is 0.674. The van der Waals surface area contributed by atoms with Gasteiger partial charge in [-0.3, -0.25) is 10.3 Å². The molecule has 0 aliphatic carbocycles. The van der Waals surface area contributed by atoms with Gasteiger partial charge in [-0.15, -0.1) is 0 Å². The number of aromatic nitrogens is 3. The fourth-order valence-electron chi connectivity index (χ4n) is 2.28. The molecule has 0 saturated heterocycles. The number of nitrogens with zero attached hydrogens (tertiary/aromatic N) is 2. The van der Waals surface area contributed by atoms with Crippen LogP contribution in [0.1, 0.15) is 30.8 Å². The molecule has 2 heterocycles. The monoisotopic (exact) mass is 341 g/mol. The second-order valence-electron chi connectivity index (χ2n) is 5.45. The summed E-state index contributed by atoms with van der Waals surface area (Å²) < 4.78 is 5.22. The predicted octanol–water partition coefficient (Wildman–Crippen LogP) is 3.21. The molecule has 132 valence electrons. The molecule has 0 aromatic carbocycles. The average Bonchev–Trinajstić information content (AvgIpc) is 2.95. The minimum absolute atomic E-state index is 0.317. The second-order valence-corrected chi connectivity index (χ2v) is 5.45. The highest BCUT2D eigenvalue weighted by molar-refractivity contribution is 5.91. The van der Waals surface area contributed by atoms with Crippen LogP contribution in [0.25, 0.3) is 11.6 Å². The maximum atomic E-state index is 11.7. The lowest BCUT2D eigenvalue weighted by atomic mass is 10.0. The highest BCUT2D eigenvalue weighted by Gasteiger charge is 2.12. The van der Waals surface area contributed by atoms with Gasteiger partial charge in [-0.05, 0) is 31.6 Å². The summed E-state index contributed by atoms with van der Waals surface area (Å²) in [5, 5.41) is 5.33. The summed E-state index contributed by atoms with van der Waals surface area (Å²) >= 11 is 0. The van der Waals surface area contributed by atoms with Gasteiger partial charge in [-0.2, -0.15) is 0 Å². The number of H-pyrrole nitrogens is 1. The Hall–Kier alpha value is -2.93. The number of nitrogens with one attached hydrogen (secondary N) is 3. The van der Waals surface area contributed by atoms with Gasteiger partial charge in [0.1, 0.15) is 0 Å². The van der Waals surface area contributed by atoms with E-state index in [9.17, 15) is 4.79 Å². The Morgan fingerprint density at radius 3 is 2.88 bits per heavy atom. The lowest BCUT2D eigenvalue weighted by Crippen LogP contribution is -2.28. The number of urea groups is 1. The van der Waals surface area contributed by atoms with Crippen LogP contribution in [-0.4, -0.2) is 34.6 Å². The van der Waals surface area contributed by atoms with Crippen molar-refractivity contribution >= 4 is 23.6 Å². The van der Waals surface area contributed by atoms with Crippen LogP contribution in [0.5, 0.6) is 0 Å². The fourth-order valence-corrected chi connectivity index (χ4v) is 2.28. The van der Waals surface area contributed by atoms with Gasteiger partial charge in [-0.1, -0.05) is 18.2 Å². The number of ether oxygens (including phenoxy) is 1. The van der Waals surface area contributed by atoms with Crippen molar-refractivity contribution in [3.05, 3.63) is 53.6 Å². The zero-order valence-electron chi connectivity index (χ0n) is 14.7. The van der Waals surface area contributed by atoms with Gasteiger partial charge in [0.05, 0.1) is 18.0 Å². The van der Waals surface area contributed by atoms with Gasteiger partial charge in [0.2, 0.25) is 5.95 Å². The molecular formula is C18H23N5O2. The molecule has 0 unspecified atom stereocenters. The summed E-state index contributed by atoms with van der Waals surface area (Å²) in [5.41, 5.74) is 4.19. The van der Waals surface area contributed by atoms with E-state index >= 15 is 0 Å². The van der Waals surface area contributed by atoms with Crippen LogP contribution in [0.15, 0.2) is 36.7 Å². The Morgan fingerprint density at radius 2 is 2.28 bits per heavy atom. The number of carbonyl (C=O) groups is 1. The topological polar surface area (TPSA) is 91.9 Å². The molecule has 2 aromatic rings. The summed E-state index contributed by atoms with van der Waals surface area (Å²) in [7, 11) is 1.60. The van der Waals surface area contributed by atoms with Gasteiger partial charge in [0.25, 0.3) is 0 Å². The van der Waals surface area contributed by atoms with Crippen molar-refractivity contribution in [2.24, 2.45) is 0 Å². The van der Waals surface area contributed by atoms with Crippen LogP contribution in [0.4, 0.5) is 10.7 Å². The van der Waals surface area contributed by atoms with Crippen molar-refractivity contribution in [1.82, 2.24) is 20.3 Å². The normalized spacial score (nSPS) is 11.2. The highest BCUT2D eigenvalue weighted by atomic mass is 16.5. The smallest absolute Gasteiger partial charge is 0.321 e. The maximum Gasteiger partial charge on any atom is 0.321 e. The Balaban J connectivity index is 2.39. The number of methoxy groups -OCH3 is 1. The van der Waals surface area contributed by atoms with E-state index in [-0.39, 0.29) is 6.03 Å². The van der Waals surface area contributed by atoms with E-state index in [1.165, 1.54) is 0 Å². The van der Waals surface area contributed by atoms with E-state index in [1.807, 2.05) is 32.1 Å². The first-order chi connectivity index (χ1) is 12.0. The third-order valence-electron chi connectivity index (χ3n) is 3.38. The Labute approximate surface area is 147 Å². The van der Waals surface area contributed by atoms with Crippen molar-refractivity contribution in [3.63, 3.8) is 0 Å². The first kappa shape index (κ1) is 18.4. The SMILES string of the molecule is C=C(C)/C(=C\c1nc(NC(=O)NCC)[nH]c1COC)c1cccnc1. The van der Waals surface area contributed by atoms with Gasteiger partial charge in [0.15, 0.2) is 0 Å². The van der Waals surface area contributed by atoms with Crippen molar-refractivity contribution in [2.75, 3.05) is 19.0 Å². The molecule has 0 aliphatic heterocycles. The summed E-state index contributed by atoms with van der Waals surface area (Å²) in [5.74, 6) is 0.358. The number of rotatable bonds is 7. The molecule has 7 nitrogen and oxygen atoms in total. The Morgan fingerprint density at radius 1 is 1.48 bits per heavy atom. The van der Waals surface area contributed by atoms with Crippen LogP contribution in [0.3, 0.4) is 0 Å². The van der Waals surface area contributed by atoms with E-state index in [4.69, 9.17) is 4.74 Å². The molecule has 0 bridgehead atoms. The number of hydrogen-bond acceptors (Lipinski definition) is 4. The van der Waals surface area contributed by atoms with Gasteiger partial charge in [0, 0.05) is 31.6 Å². The third-order valence-corrected chi connectivity index (χ3v) is 3.38. The van der Waals surface area contributed by atoms with E-state index in [2.05, 4.69) is 32.2 Å². The van der Waals surface area contributed by atoms with Crippen LogP contribution < -0.4 is 10.6 Å². The molecule has 0 atom stereocenters. The first-order valence-electron chi connectivity index (χ1n) is 7.95. The number of carbonyl (C=O) groups excluding carboxylic acids is 1. The molecule has 25 heavy (non-hydrogen) atoms. The van der Waals surface area contributed by atoms with Crippen molar-refractivity contribution in [3.8, 4) is 0 Å². The minimum atomic E-state index is -0.317. The fraction of sp³-hybridized carbons (Fsp3) is 0.278. The average molecular weight is 341 g/mol. The lowest BCUT2D eigenvalue weighted by molar-refractivity contribution is 0.182. The zero-order valence-corrected chi connectivity index (χ0v) is 14.7. The molecule has 2 amide bonds. The maximum absolute atomic E-state index is 11.7. The van der Waals surface area contributed by atoms with Crippen molar-refractivity contribution in [1.29, 1.82) is 0 Å². The van der Waals surface area contributed by atoms with E-state index in [0.29, 0.717) is 24.8 Å². The molecule has 0 radical (unpaired) electrons. The largest absolute Gasteiger partial charge is 0.378 e. The number of anilines is 1. The highest BCUT2D eigenvalue weighted by Crippen LogP contribution is 2.25. The molecular weight excluding hydrogens is 318 g/mol. The van der Waals surface area contributed by atoms with E-state index < -0.39 is 0 Å². The second kappa shape index (κ2) is 8.79. The number of hydrogen-bond donors (Lipinski definition) is 3. The third kappa shape index (κ3) is 5.02. The van der Waals surface area contributed by atoms with Crippen molar-refractivity contribution < 1.29 is 9.53 Å². The molecule has 3 N–H and O–H groups in total. The number of aromatic amines is 1. The predicted molar refractivity (Wildman–Crippen MR) is 98.9 cm³/mol. The van der Waals surface area contributed by atoms with E-state index in [0.717, 1.165) is 22.4 Å². The van der Waals surface area contributed by atoms with Gasteiger partial charge < -0.3 is 15.0 Å². The summed E-state index contributed by atoms with van der Waals surface area (Å²) in [6.45, 7) is 8.68. The standard InChI is InChI=1S/C18H23N5O2/c1-5-20-18(24)23-17-21-15(16(22-17)11-25-4)9-14(12(2)3)13-7-6-8-19-10-13/h6-10H,2,5,11H2,1,3-4H3,(H3,20,21,22,23,24)/b14-9+. The Bertz CT molecular complexity index is 765. The van der Waals surface area contributed by atoms with Crippen LogP contribution in [-0.2, 0) is 11.3 Å². The lowest BCUT2D eigenvalue weighted by Gasteiger charge is -2.07. The zero-order chi connectivity index (χ0) is 18.2. The number of amides is 2. The van der Waals surface area contributed by atoms with Crippen LogP contribution >= 0.6 is 0 Å². The number of pyridine rings is 1. The number of allylic oxidation sites excluding steroid dienone is 2. The molecule has 0 aliphatic rings. The minimum Gasteiger partial charge on any atom is -0.378 e. The van der Waals surface area contributed by atoms with Gasteiger partial charge in [-0.25, -0.2) is 9.78 Å².